The van der Waals surface area contributed by atoms with Gasteiger partial charge in [-0.15, -0.1) is 0 Å². The molecule has 1 aromatic heterocycles. The fraction of sp³-hybridized carbons (Fsp3) is 0.412. The van der Waals surface area contributed by atoms with Gasteiger partial charge in [-0.1, -0.05) is 18.2 Å². The van der Waals surface area contributed by atoms with Crippen LogP contribution in [0.15, 0.2) is 24.3 Å². The molecule has 1 saturated heterocycles. The van der Waals surface area contributed by atoms with Gasteiger partial charge in [0.15, 0.2) is 5.69 Å². The predicted molar refractivity (Wildman–Crippen MR) is 89.6 cm³/mol. The van der Waals surface area contributed by atoms with Crippen molar-refractivity contribution in [1.82, 2.24) is 14.7 Å². The maximum absolute atomic E-state index is 12.8. The first-order chi connectivity index (χ1) is 12.0. The minimum atomic E-state index is -0.646. The molecule has 8 heteroatoms. The van der Waals surface area contributed by atoms with E-state index in [9.17, 15) is 14.4 Å². The lowest BCUT2D eigenvalue weighted by atomic mass is 10.0. The number of likely N-dealkylation sites (tertiary alicyclic amines) is 1. The van der Waals surface area contributed by atoms with Gasteiger partial charge in [0, 0.05) is 11.9 Å². The molecule has 0 spiro atoms. The maximum Gasteiger partial charge on any atom is 0.328 e. The third kappa shape index (κ3) is 3.19. The molecule has 1 aromatic carbocycles. The summed E-state index contributed by atoms with van der Waals surface area (Å²) in [4.78, 5) is 37.8. The van der Waals surface area contributed by atoms with Crippen LogP contribution >= 0.6 is 0 Å². The van der Waals surface area contributed by atoms with Gasteiger partial charge in [0.1, 0.15) is 12.6 Å². The van der Waals surface area contributed by atoms with Crippen molar-refractivity contribution in [3.05, 3.63) is 30.0 Å². The summed E-state index contributed by atoms with van der Waals surface area (Å²) >= 11 is 0. The molecule has 1 fully saturated rings. The standard InChI is InChI=1S/C17H20N4O4/c1-25-17(24)13-8-4-5-9-20(13)14(22)10-21-12-7-3-2-6-11(12)15(19-21)16(18)23/h2-3,6-7,13H,4-5,8-10H2,1H3,(H2,18,23). The number of carbonyl (C=O) groups excluding carboxylic acids is 3. The number of esters is 1. The third-order valence-electron chi connectivity index (χ3n) is 4.47. The summed E-state index contributed by atoms with van der Waals surface area (Å²) in [5, 5.41) is 4.79. The molecule has 0 aliphatic carbocycles. The lowest BCUT2D eigenvalue weighted by Gasteiger charge is -2.33. The minimum absolute atomic E-state index is 0.0682. The number of para-hydroxylation sites is 1. The number of benzene rings is 1. The summed E-state index contributed by atoms with van der Waals surface area (Å²) in [6.45, 7) is 0.432. The van der Waals surface area contributed by atoms with E-state index in [1.807, 2.05) is 0 Å². The Hall–Kier alpha value is -2.90. The fourth-order valence-corrected chi connectivity index (χ4v) is 3.26. The molecule has 8 nitrogen and oxygen atoms in total. The molecular weight excluding hydrogens is 324 g/mol. The Kier molecular flexibility index (Phi) is 4.69. The average molecular weight is 344 g/mol. The summed E-state index contributed by atoms with van der Waals surface area (Å²) in [5.41, 5.74) is 6.16. The second-order valence-electron chi connectivity index (χ2n) is 6.01. The smallest absolute Gasteiger partial charge is 0.328 e. The van der Waals surface area contributed by atoms with Crippen LogP contribution in [0.25, 0.3) is 10.9 Å². The zero-order valence-corrected chi connectivity index (χ0v) is 14.0. The largest absolute Gasteiger partial charge is 0.467 e. The minimum Gasteiger partial charge on any atom is -0.467 e. The number of fused-ring (bicyclic) bond motifs is 1. The van der Waals surface area contributed by atoms with Crippen molar-refractivity contribution in [3.8, 4) is 0 Å². The molecule has 2 heterocycles. The third-order valence-corrected chi connectivity index (χ3v) is 4.47. The number of nitrogens with two attached hydrogens (primary N) is 1. The number of rotatable bonds is 4. The fourth-order valence-electron chi connectivity index (χ4n) is 3.26. The van der Waals surface area contributed by atoms with Crippen molar-refractivity contribution in [1.29, 1.82) is 0 Å². The molecule has 3 rings (SSSR count). The van der Waals surface area contributed by atoms with Crippen molar-refractivity contribution in [2.45, 2.75) is 31.8 Å². The number of methoxy groups -OCH3 is 1. The van der Waals surface area contributed by atoms with Gasteiger partial charge >= 0.3 is 5.97 Å². The van der Waals surface area contributed by atoms with Crippen LogP contribution in [0.4, 0.5) is 0 Å². The first kappa shape index (κ1) is 16.9. The van der Waals surface area contributed by atoms with Gasteiger partial charge in [0.25, 0.3) is 5.91 Å². The Morgan fingerprint density at radius 2 is 2.04 bits per heavy atom. The number of amides is 2. The first-order valence-corrected chi connectivity index (χ1v) is 8.15. The number of ether oxygens (including phenoxy) is 1. The molecule has 1 unspecified atom stereocenters. The average Bonchev–Trinajstić information content (AvgIpc) is 3.00. The zero-order valence-electron chi connectivity index (χ0n) is 14.0. The number of nitrogens with zero attached hydrogens (tertiary/aromatic N) is 3. The van der Waals surface area contributed by atoms with Crippen LogP contribution in [-0.2, 0) is 20.9 Å². The number of piperidine rings is 1. The van der Waals surface area contributed by atoms with Crippen LogP contribution in [0.5, 0.6) is 0 Å². The highest BCUT2D eigenvalue weighted by atomic mass is 16.5. The Morgan fingerprint density at radius 3 is 2.76 bits per heavy atom. The highest BCUT2D eigenvalue weighted by Gasteiger charge is 2.33. The van der Waals surface area contributed by atoms with Crippen LogP contribution in [0, 0.1) is 0 Å². The normalized spacial score (nSPS) is 17.5. The lowest BCUT2D eigenvalue weighted by molar-refractivity contribution is -0.155. The summed E-state index contributed by atoms with van der Waals surface area (Å²) in [6, 6.07) is 6.52. The maximum atomic E-state index is 12.8. The molecule has 1 aliphatic rings. The van der Waals surface area contributed by atoms with E-state index in [0.29, 0.717) is 23.9 Å². The van der Waals surface area contributed by atoms with Gasteiger partial charge < -0.3 is 15.4 Å². The summed E-state index contributed by atoms with van der Waals surface area (Å²) in [5.74, 6) is -1.29. The molecule has 0 saturated carbocycles. The monoisotopic (exact) mass is 344 g/mol. The summed E-state index contributed by atoms with van der Waals surface area (Å²) in [6.07, 6.45) is 2.30. The van der Waals surface area contributed by atoms with Crippen molar-refractivity contribution in [3.63, 3.8) is 0 Å². The Balaban J connectivity index is 1.89. The topological polar surface area (TPSA) is 108 Å². The van der Waals surface area contributed by atoms with Gasteiger partial charge in [-0.3, -0.25) is 14.3 Å². The van der Waals surface area contributed by atoms with Crippen LogP contribution in [0.1, 0.15) is 29.8 Å². The van der Waals surface area contributed by atoms with Crippen LogP contribution < -0.4 is 5.73 Å². The molecule has 1 atom stereocenters. The quantitative estimate of drug-likeness (QED) is 0.821. The number of primary amides is 1. The molecule has 0 bridgehead atoms. The van der Waals surface area contributed by atoms with Gasteiger partial charge in [0.2, 0.25) is 5.91 Å². The van der Waals surface area contributed by atoms with Crippen molar-refractivity contribution in [2.24, 2.45) is 5.73 Å². The highest BCUT2D eigenvalue weighted by molar-refractivity contribution is 6.04. The van der Waals surface area contributed by atoms with E-state index in [-0.39, 0.29) is 18.1 Å². The van der Waals surface area contributed by atoms with E-state index >= 15 is 0 Å². The first-order valence-electron chi connectivity index (χ1n) is 8.15. The Labute approximate surface area is 144 Å². The Morgan fingerprint density at radius 1 is 1.28 bits per heavy atom. The lowest BCUT2D eigenvalue weighted by Crippen LogP contribution is -2.49. The van der Waals surface area contributed by atoms with Gasteiger partial charge in [-0.05, 0) is 25.3 Å². The van der Waals surface area contributed by atoms with E-state index in [1.165, 1.54) is 16.7 Å². The van der Waals surface area contributed by atoms with Crippen LogP contribution in [-0.4, -0.2) is 52.2 Å². The number of carbonyl (C=O) groups is 3. The van der Waals surface area contributed by atoms with E-state index in [1.54, 1.807) is 24.3 Å². The SMILES string of the molecule is COC(=O)C1CCCCN1C(=O)Cn1nc(C(N)=O)c2ccccc21. The van der Waals surface area contributed by atoms with Gasteiger partial charge in [-0.25, -0.2) is 4.79 Å². The Bertz CT molecular complexity index is 829. The zero-order chi connectivity index (χ0) is 18.0. The number of hydrogen-bond acceptors (Lipinski definition) is 5. The molecule has 2 amide bonds. The van der Waals surface area contributed by atoms with E-state index in [4.69, 9.17) is 10.5 Å². The number of hydrogen-bond donors (Lipinski definition) is 1. The van der Waals surface area contributed by atoms with Crippen molar-refractivity contribution < 1.29 is 19.1 Å². The van der Waals surface area contributed by atoms with Crippen molar-refractivity contribution >= 4 is 28.7 Å². The molecule has 25 heavy (non-hydrogen) atoms. The summed E-state index contributed by atoms with van der Waals surface area (Å²) in [7, 11) is 1.32. The molecule has 2 N–H and O–H groups in total. The van der Waals surface area contributed by atoms with Crippen molar-refractivity contribution in [2.75, 3.05) is 13.7 Å². The second-order valence-corrected chi connectivity index (χ2v) is 6.01. The summed E-state index contributed by atoms with van der Waals surface area (Å²) < 4.78 is 6.27. The molecule has 1 aliphatic heterocycles. The number of aromatic nitrogens is 2. The van der Waals surface area contributed by atoms with E-state index < -0.39 is 17.9 Å². The van der Waals surface area contributed by atoms with Gasteiger partial charge in [-0.2, -0.15) is 5.10 Å². The van der Waals surface area contributed by atoms with E-state index in [2.05, 4.69) is 5.10 Å². The van der Waals surface area contributed by atoms with Crippen LogP contribution in [0.3, 0.4) is 0 Å². The molecule has 2 aromatic rings. The van der Waals surface area contributed by atoms with Gasteiger partial charge in [0.05, 0.1) is 12.6 Å². The predicted octanol–water partition coefficient (Wildman–Crippen LogP) is 0.689. The molecule has 0 radical (unpaired) electrons. The molecule has 132 valence electrons. The van der Waals surface area contributed by atoms with Crippen LogP contribution in [0.2, 0.25) is 0 Å². The molecular formula is C17H20N4O4. The highest BCUT2D eigenvalue weighted by Crippen LogP contribution is 2.21. The second kappa shape index (κ2) is 6.92. The van der Waals surface area contributed by atoms with E-state index in [0.717, 1.165) is 12.8 Å².